The second-order valence-corrected chi connectivity index (χ2v) is 5.87. The molecule has 0 bridgehead atoms. The van der Waals surface area contributed by atoms with Crippen LogP contribution < -0.4 is 5.32 Å². The summed E-state index contributed by atoms with van der Waals surface area (Å²) in [6.07, 6.45) is 1.03. The van der Waals surface area contributed by atoms with Gasteiger partial charge in [0.25, 0.3) is 0 Å². The van der Waals surface area contributed by atoms with Crippen molar-refractivity contribution in [2.45, 2.75) is 39.3 Å². The van der Waals surface area contributed by atoms with Crippen LogP contribution in [0.1, 0.15) is 42.3 Å². The van der Waals surface area contributed by atoms with E-state index < -0.39 is 0 Å². The van der Waals surface area contributed by atoms with E-state index in [1.807, 2.05) is 18.2 Å². The second-order valence-electron chi connectivity index (χ2n) is 5.87. The summed E-state index contributed by atoms with van der Waals surface area (Å²) in [6.45, 7) is 4.06. The lowest BCUT2D eigenvalue weighted by molar-refractivity contribution is -0.133. The molecule has 2 heterocycles. The number of nitrogens with one attached hydrogen (secondary N) is 1. The van der Waals surface area contributed by atoms with Gasteiger partial charge in [0.2, 0.25) is 23.6 Å². The number of carbonyl (C=O) groups is 2. The Kier molecular flexibility index (Phi) is 4.59. The van der Waals surface area contributed by atoms with E-state index in [0.717, 1.165) is 12.0 Å². The summed E-state index contributed by atoms with van der Waals surface area (Å²) in [7, 11) is 0. The highest BCUT2D eigenvalue weighted by Gasteiger charge is 2.30. The molecule has 3 rings (SSSR count). The van der Waals surface area contributed by atoms with Crippen LogP contribution in [-0.2, 0) is 22.6 Å². The Bertz CT molecular complexity index is 756. The number of hydrogen-bond acceptors (Lipinski definition) is 5. The summed E-state index contributed by atoms with van der Waals surface area (Å²) in [5.74, 6) is 0.658. The van der Waals surface area contributed by atoms with Crippen LogP contribution in [0, 0.1) is 6.92 Å². The van der Waals surface area contributed by atoms with Gasteiger partial charge in [0.05, 0.1) is 19.0 Å². The summed E-state index contributed by atoms with van der Waals surface area (Å²) < 4.78 is 5.24. The topological polar surface area (TPSA) is 88.3 Å². The van der Waals surface area contributed by atoms with Gasteiger partial charge in [-0.2, -0.15) is 0 Å². The number of aryl methyl sites for hydroxylation is 1. The first-order valence-corrected chi connectivity index (χ1v) is 7.95. The quantitative estimate of drug-likeness (QED) is 0.919. The summed E-state index contributed by atoms with van der Waals surface area (Å²) in [5, 5.41) is 10.3. The summed E-state index contributed by atoms with van der Waals surface area (Å²) in [5.41, 5.74) is 2.24. The fraction of sp³-hybridized carbons (Fsp3) is 0.412. The molecule has 0 saturated carbocycles. The molecular formula is C17H20N4O3. The Balaban J connectivity index is 1.70. The molecule has 0 spiro atoms. The number of carbonyl (C=O) groups excluding carboxylic acids is 2. The zero-order chi connectivity index (χ0) is 17.1. The molecule has 7 nitrogen and oxygen atoms in total. The Hall–Kier alpha value is -2.70. The minimum Gasteiger partial charge on any atom is -0.424 e. The number of aromatic nitrogens is 2. The third-order valence-corrected chi connectivity index (χ3v) is 4.20. The molecule has 0 radical (unpaired) electrons. The van der Waals surface area contributed by atoms with Crippen LogP contribution in [0.3, 0.4) is 0 Å². The number of rotatable bonds is 4. The van der Waals surface area contributed by atoms with Gasteiger partial charge in [-0.1, -0.05) is 24.3 Å². The van der Waals surface area contributed by atoms with Crippen molar-refractivity contribution in [2.75, 3.05) is 6.54 Å². The van der Waals surface area contributed by atoms with Crippen molar-refractivity contribution in [1.82, 2.24) is 20.4 Å². The normalized spacial score (nSPS) is 16.6. The van der Waals surface area contributed by atoms with Gasteiger partial charge in [-0.05, 0) is 17.5 Å². The van der Waals surface area contributed by atoms with Crippen molar-refractivity contribution >= 4 is 11.8 Å². The van der Waals surface area contributed by atoms with Crippen molar-refractivity contribution in [2.24, 2.45) is 0 Å². The Labute approximate surface area is 140 Å². The molecular weight excluding hydrogens is 308 g/mol. The average molecular weight is 328 g/mol. The van der Waals surface area contributed by atoms with Crippen molar-refractivity contribution in [1.29, 1.82) is 0 Å². The molecule has 24 heavy (non-hydrogen) atoms. The number of nitrogens with zero attached hydrogens (tertiary/aromatic N) is 3. The first kappa shape index (κ1) is 16.2. The lowest BCUT2D eigenvalue weighted by atomic mass is 9.90. The molecule has 1 unspecified atom stereocenters. The molecule has 0 fully saturated rings. The van der Waals surface area contributed by atoms with Gasteiger partial charge in [-0.3, -0.25) is 9.59 Å². The van der Waals surface area contributed by atoms with Gasteiger partial charge in [-0.25, -0.2) is 0 Å². The summed E-state index contributed by atoms with van der Waals surface area (Å²) in [6, 6.07) is 7.73. The van der Waals surface area contributed by atoms with Crippen LogP contribution in [0.4, 0.5) is 0 Å². The van der Waals surface area contributed by atoms with Gasteiger partial charge in [0.15, 0.2) is 0 Å². The zero-order valence-corrected chi connectivity index (χ0v) is 13.8. The largest absolute Gasteiger partial charge is 0.424 e. The highest BCUT2D eigenvalue weighted by atomic mass is 16.4. The van der Waals surface area contributed by atoms with E-state index in [2.05, 4.69) is 21.6 Å². The third-order valence-electron chi connectivity index (χ3n) is 4.20. The number of hydrogen-bond donors (Lipinski definition) is 1. The highest BCUT2D eigenvalue weighted by molar-refractivity contribution is 5.79. The SMILES string of the molecule is CC(=O)N1CCc2ccccc2C1CC(=O)NCc1nnc(C)o1. The Morgan fingerprint density at radius 3 is 2.83 bits per heavy atom. The van der Waals surface area contributed by atoms with E-state index in [1.165, 1.54) is 5.56 Å². The van der Waals surface area contributed by atoms with Gasteiger partial charge in [0.1, 0.15) is 0 Å². The highest BCUT2D eigenvalue weighted by Crippen LogP contribution is 2.32. The number of amides is 2. The standard InChI is InChI=1S/C17H20N4O3/c1-11-19-20-17(24-11)10-18-16(23)9-15-14-6-4-3-5-13(14)7-8-21(15)12(2)22/h3-6,15H,7-10H2,1-2H3,(H,18,23). The summed E-state index contributed by atoms with van der Waals surface area (Å²) >= 11 is 0. The Morgan fingerprint density at radius 1 is 1.33 bits per heavy atom. The minimum absolute atomic E-state index is 0.0187. The monoisotopic (exact) mass is 328 g/mol. The van der Waals surface area contributed by atoms with Crippen LogP contribution >= 0.6 is 0 Å². The molecule has 7 heteroatoms. The molecule has 0 saturated heterocycles. The summed E-state index contributed by atoms with van der Waals surface area (Å²) in [4.78, 5) is 26.0. The van der Waals surface area contributed by atoms with Gasteiger partial charge < -0.3 is 14.6 Å². The first-order valence-electron chi connectivity index (χ1n) is 7.95. The smallest absolute Gasteiger partial charge is 0.235 e. The van der Waals surface area contributed by atoms with Crippen molar-refractivity contribution < 1.29 is 14.0 Å². The number of benzene rings is 1. The maximum Gasteiger partial charge on any atom is 0.235 e. The molecule has 126 valence electrons. The predicted molar refractivity (Wildman–Crippen MR) is 85.8 cm³/mol. The van der Waals surface area contributed by atoms with Crippen LogP contribution in [0.15, 0.2) is 28.7 Å². The van der Waals surface area contributed by atoms with Crippen molar-refractivity contribution in [3.8, 4) is 0 Å². The van der Waals surface area contributed by atoms with E-state index in [-0.39, 0.29) is 30.8 Å². The molecule has 0 aliphatic carbocycles. The van der Waals surface area contributed by atoms with Gasteiger partial charge in [-0.15, -0.1) is 10.2 Å². The lowest BCUT2D eigenvalue weighted by Gasteiger charge is -2.36. The lowest BCUT2D eigenvalue weighted by Crippen LogP contribution is -2.41. The van der Waals surface area contributed by atoms with Crippen LogP contribution in [0.2, 0.25) is 0 Å². The van der Waals surface area contributed by atoms with Crippen molar-refractivity contribution in [3.05, 3.63) is 47.2 Å². The number of fused-ring (bicyclic) bond motifs is 1. The minimum atomic E-state index is -0.239. The zero-order valence-electron chi connectivity index (χ0n) is 13.8. The molecule has 1 N–H and O–H groups in total. The first-order chi connectivity index (χ1) is 11.5. The molecule has 1 aliphatic rings. The third kappa shape index (κ3) is 3.45. The van der Waals surface area contributed by atoms with Crippen LogP contribution in [-0.4, -0.2) is 33.5 Å². The second kappa shape index (κ2) is 6.82. The fourth-order valence-electron chi connectivity index (χ4n) is 3.08. The molecule has 2 amide bonds. The van der Waals surface area contributed by atoms with Gasteiger partial charge in [0, 0.05) is 20.4 Å². The molecule has 1 aromatic carbocycles. The average Bonchev–Trinajstić information content (AvgIpc) is 2.98. The predicted octanol–water partition coefficient (Wildman–Crippen LogP) is 1.53. The van der Waals surface area contributed by atoms with Gasteiger partial charge >= 0.3 is 0 Å². The Morgan fingerprint density at radius 2 is 2.12 bits per heavy atom. The molecule has 1 aliphatic heterocycles. The van der Waals surface area contributed by atoms with Crippen LogP contribution in [0.25, 0.3) is 0 Å². The van der Waals surface area contributed by atoms with E-state index >= 15 is 0 Å². The molecule has 2 aromatic rings. The fourth-order valence-corrected chi connectivity index (χ4v) is 3.08. The van der Waals surface area contributed by atoms with E-state index in [9.17, 15) is 9.59 Å². The van der Waals surface area contributed by atoms with Crippen molar-refractivity contribution in [3.63, 3.8) is 0 Å². The van der Waals surface area contributed by atoms with E-state index in [4.69, 9.17) is 4.42 Å². The maximum atomic E-state index is 12.3. The molecule has 1 atom stereocenters. The van der Waals surface area contributed by atoms with E-state index in [0.29, 0.717) is 18.3 Å². The molecule has 1 aromatic heterocycles. The van der Waals surface area contributed by atoms with E-state index in [1.54, 1.807) is 18.7 Å². The van der Waals surface area contributed by atoms with Crippen LogP contribution in [0.5, 0.6) is 0 Å². The maximum absolute atomic E-state index is 12.3.